The summed E-state index contributed by atoms with van der Waals surface area (Å²) in [5, 5.41) is 3.22. The van der Waals surface area contributed by atoms with E-state index in [1.807, 2.05) is 72.8 Å². The van der Waals surface area contributed by atoms with E-state index in [0.29, 0.717) is 29.6 Å². The summed E-state index contributed by atoms with van der Waals surface area (Å²) in [6.07, 6.45) is -0.0784. The van der Waals surface area contributed by atoms with Crippen LogP contribution in [0.25, 0.3) is 0 Å². The Hall–Kier alpha value is -4.66. The molecule has 4 aromatic carbocycles. The topological polar surface area (TPSA) is 86.3 Å². The van der Waals surface area contributed by atoms with Crippen molar-refractivity contribution in [3.05, 3.63) is 130 Å². The Balaban J connectivity index is 0.000000234. The van der Waals surface area contributed by atoms with E-state index in [2.05, 4.69) is 39.2 Å². The molecule has 0 aromatic heterocycles. The van der Waals surface area contributed by atoms with Crippen molar-refractivity contribution in [2.45, 2.75) is 31.9 Å². The minimum atomic E-state index is -0.292. The number of hydrogen-bond donors (Lipinski definition) is 1. The fraction of sp³-hybridized carbons (Fsp3) is 0.316. The van der Waals surface area contributed by atoms with Gasteiger partial charge in [-0.15, -0.1) is 0 Å². The van der Waals surface area contributed by atoms with Gasteiger partial charge in [-0.2, -0.15) is 0 Å². The van der Waals surface area contributed by atoms with E-state index in [1.165, 1.54) is 30.9 Å². The molecule has 3 aliphatic heterocycles. The van der Waals surface area contributed by atoms with Gasteiger partial charge < -0.3 is 24.3 Å². The van der Waals surface area contributed by atoms with E-state index in [1.54, 1.807) is 0 Å². The third-order valence-corrected chi connectivity index (χ3v) is 8.61. The number of rotatable bonds is 7. The van der Waals surface area contributed by atoms with Crippen LogP contribution >= 0.6 is 0 Å². The molecule has 0 radical (unpaired) electrons. The fourth-order valence-corrected chi connectivity index (χ4v) is 5.73. The Bertz CT molecular complexity index is 1590. The Labute approximate surface area is 271 Å². The molecule has 7 rings (SSSR count). The Kier molecular flexibility index (Phi) is 10.7. The highest BCUT2D eigenvalue weighted by atomic mass is 16.6. The molecule has 0 bridgehead atoms. The predicted octanol–water partition coefficient (Wildman–Crippen LogP) is 6.38. The van der Waals surface area contributed by atoms with Crippen molar-refractivity contribution < 1.29 is 28.5 Å². The molecular weight excluding hydrogens is 580 g/mol. The molecule has 2 fully saturated rings. The standard InChI is InChI=1S/C26H25NO4.C11H13NO2.CH4/c1-29-26(28)21-12-10-19(11-13-21)22-15-27(16-22)14-18-6-8-20(9-7-18)25-17-30-23-4-2-3-5-24(23)31-25;1-14-11(13)9-4-2-8(3-5-9)10-6-12-7-10;/h2-13,22,25H,14-17H2,1H3;2-5,10,12H,6-7H2,1H3;1H4. The van der Waals surface area contributed by atoms with Crippen molar-refractivity contribution in [3.63, 3.8) is 0 Å². The maximum atomic E-state index is 11.6. The number of carbonyl (C=O) groups is 2. The molecule has 1 unspecified atom stereocenters. The minimum absolute atomic E-state index is 0. The predicted molar refractivity (Wildman–Crippen MR) is 178 cm³/mol. The van der Waals surface area contributed by atoms with Gasteiger partial charge in [0.25, 0.3) is 0 Å². The SMILES string of the molecule is C.COC(=O)c1ccc(C2CN(Cc3ccc(C4COc5ccccc5O4)cc3)C2)cc1.COC(=O)c1ccc(C2CNC2)cc1. The highest BCUT2D eigenvalue weighted by Gasteiger charge is 2.28. The molecule has 46 heavy (non-hydrogen) atoms. The molecule has 1 N–H and O–H groups in total. The molecule has 2 saturated heterocycles. The summed E-state index contributed by atoms with van der Waals surface area (Å²) in [5.74, 6) is 2.17. The molecule has 1 atom stereocenters. The van der Waals surface area contributed by atoms with Crippen LogP contribution < -0.4 is 14.8 Å². The van der Waals surface area contributed by atoms with Crippen LogP contribution in [0.2, 0.25) is 0 Å². The number of ether oxygens (including phenoxy) is 4. The van der Waals surface area contributed by atoms with Crippen LogP contribution in [0.5, 0.6) is 11.5 Å². The number of methoxy groups -OCH3 is 2. The normalized spacial score (nSPS) is 17.2. The maximum Gasteiger partial charge on any atom is 0.337 e. The van der Waals surface area contributed by atoms with E-state index in [-0.39, 0.29) is 25.5 Å². The van der Waals surface area contributed by atoms with E-state index < -0.39 is 0 Å². The summed E-state index contributed by atoms with van der Waals surface area (Å²) in [4.78, 5) is 25.1. The van der Waals surface area contributed by atoms with Crippen LogP contribution in [0.3, 0.4) is 0 Å². The first-order valence-corrected chi connectivity index (χ1v) is 15.3. The largest absolute Gasteiger partial charge is 0.485 e. The number of nitrogens with one attached hydrogen (secondary N) is 1. The van der Waals surface area contributed by atoms with Crippen LogP contribution in [-0.2, 0) is 16.0 Å². The molecule has 0 aliphatic carbocycles. The van der Waals surface area contributed by atoms with Crippen LogP contribution in [0, 0.1) is 0 Å². The molecule has 240 valence electrons. The fourth-order valence-electron chi connectivity index (χ4n) is 5.73. The highest BCUT2D eigenvalue weighted by Crippen LogP contribution is 2.36. The average Bonchev–Trinajstić information content (AvgIpc) is 3.05. The number of nitrogens with zero attached hydrogens (tertiary/aromatic N) is 1. The zero-order valence-electron chi connectivity index (χ0n) is 25.6. The van der Waals surface area contributed by atoms with Crippen molar-refractivity contribution in [2.75, 3.05) is 47.0 Å². The lowest BCUT2D eigenvalue weighted by molar-refractivity contribution is 0.0592. The Morgan fingerprint density at radius 1 is 0.717 bits per heavy atom. The second-order valence-corrected chi connectivity index (χ2v) is 11.6. The molecule has 8 nitrogen and oxygen atoms in total. The van der Waals surface area contributed by atoms with E-state index in [9.17, 15) is 9.59 Å². The Morgan fingerprint density at radius 3 is 1.76 bits per heavy atom. The van der Waals surface area contributed by atoms with Crippen molar-refractivity contribution >= 4 is 11.9 Å². The van der Waals surface area contributed by atoms with Gasteiger partial charge in [0.2, 0.25) is 0 Å². The van der Waals surface area contributed by atoms with Crippen LogP contribution in [0.1, 0.15) is 68.3 Å². The van der Waals surface area contributed by atoms with Crippen LogP contribution in [0.15, 0.2) is 97.1 Å². The third kappa shape index (κ3) is 7.58. The molecule has 8 heteroatoms. The van der Waals surface area contributed by atoms with Gasteiger partial charge in [-0.1, -0.05) is 68.1 Å². The summed E-state index contributed by atoms with van der Waals surface area (Å²) in [6, 6.07) is 31.8. The summed E-state index contributed by atoms with van der Waals surface area (Å²) < 4.78 is 21.3. The number of esters is 2. The molecular formula is C38H42N2O6. The zero-order valence-corrected chi connectivity index (χ0v) is 25.6. The van der Waals surface area contributed by atoms with Crippen molar-refractivity contribution in [1.82, 2.24) is 10.2 Å². The van der Waals surface area contributed by atoms with E-state index in [4.69, 9.17) is 14.2 Å². The van der Waals surface area contributed by atoms with Crippen LogP contribution in [-0.4, -0.2) is 63.8 Å². The Morgan fingerprint density at radius 2 is 1.24 bits per heavy atom. The maximum absolute atomic E-state index is 11.6. The number of carbonyl (C=O) groups excluding carboxylic acids is 2. The van der Waals surface area contributed by atoms with Gasteiger partial charge in [-0.05, 0) is 58.7 Å². The lowest BCUT2D eigenvalue weighted by atomic mass is 9.90. The van der Waals surface area contributed by atoms with Gasteiger partial charge in [-0.25, -0.2) is 9.59 Å². The summed E-state index contributed by atoms with van der Waals surface area (Å²) in [6.45, 7) is 5.58. The number of hydrogen-bond acceptors (Lipinski definition) is 8. The van der Waals surface area contributed by atoms with Gasteiger partial charge >= 0.3 is 11.9 Å². The summed E-state index contributed by atoms with van der Waals surface area (Å²) in [7, 11) is 2.80. The van der Waals surface area contributed by atoms with Gasteiger partial charge in [0.15, 0.2) is 17.6 Å². The van der Waals surface area contributed by atoms with Gasteiger partial charge in [0.05, 0.1) is 25.3 Å². The van der Waals surface area contributed by atoms with E-state index in [0.717, 1.165) is 49.8 Å². The molecule has 3 heterocycles. The smallest absolute Gasteiger partial charge is 0.337 e. The molecule has 3 aliphatic rings. The second-order valence-electron chi connectivity index (χ2n) is 11.6. The zero-order chi connectivity index (χ0) is 31.2. The number of likely N-dealkylation sites (tertiary alicyclic amines) is 1. The molecule has 4 aromatic rings. The van der Waals surface area contributed by atoms with Crippen molar-refractivity contribution in [1.29, 1.82) is 0 Å². The first kappa shape index (κ1) is 32.7. The van der Waals surface area contributed by atoms with Gasteiger partial charge in [0, 0.05) is 44.6 Å². The lowest BCUT2D eigenvalue weighted by Crippen LogP contribution is -2.44. The molecule has 0 saturated carbocycles. The highest BCUT2D eigenvalue weighted by molar-refractivity contribution is 5.89. The first-order valence-electron chi connectivity index (χ1n) is 15.3. The third-order valence-electron chi connectivity index (χ3n) is 8.61. The quantitative estimate of drug-likeness (QED) is 0.238. The summed E-state index contributed by atoms with van der Waals surface area (Å²) in [5.41, 5.74) is 6.19. The molecule has 0 spiro atoms. The van der Waals surface area contributed by atoms with Crippen LogP contribution in [0.4, 0.5) is 0 Å². The lowest BCUT2D eigenvalue weighted by Gasteiger charge is -2.39. The monoisotopic (exact) mass is 622 g/mol. The number of fused-ring (bicyclic) bond motifs is 1. The molecule has 0 amide bonds. The average molecular weight is 623 g/mol. The van der Waals surface area contributed by atoms with Crippen molar-refractivity contribution in [2.24, 2.45) is 0 Å². The number of para-hydroxylation sites is 2. The second kappa shape index (κ2) is 15.1. The van der Waals surface area contributed by atoms with Gasteiger partial charge in [-0.3, -0.25) is 4.90 Å². The van der Waals surface area contributed by atoms with E-state index >= 15 is 0 Å². The summed E-state index contributed by atoms with van der Waals surface area (Å²) >= 11 is 0. The first-order chi connectivity index (χ1) is 22.0. The van der Waals surface area contributed by atoms with Crippen molar-refractivity contribution in [3.8, 4) is 11.5 Å². The minimum Gasteiger partial charge on any atom is -0.485 e. The number of benzene rings is 4. The van der Waals surface area contributed by atoms with Gasteiger partial charge in [0.1, 0.15) is 6.61 Å².